The highest BCUT2D eigenvalue weighted by Crippen LogP contribution is 2.19. The fraction of sp³-hybridized carbons (Fsp3) is 0.417. The summed E-state index contributed by atoms with van der Waals surface area (Å²) in [7, 11) is 1.91. The van der Waals surface area contributed by atoms with Crippen molar-refractivity contribution in [2.75, 3.05) is 5.32 Å². The second kappa shape index (κ2) is 5.48. The lowest BCUT2D eigenvalue weighted by molar-refractivity contribution is 0.765. The van der Waals surface area contributed by atoms with Crippen molar-refractivity contribution in [2.24, 2.45) is 7.05 Å². The SMILES string of the molecule is CCc1nc(Br)cc(NC(C)c2cnn(C)c2)n1. The smallest absolute Gasteiger partial charge is 0.131 e. The van der Waals surface area contributed by atoms with Crippen LogP contribution >= 0.6 is 15.9 Å². The fourth-order valence-electron chi connectivity index (χ4n) is 1.67. The second-order valence-corrected chi connectivity index (χ2v) is 4.97. The molecule has 0 radical (unpaired) electrons. The zero-order valence-corrected chi connectivity index (χ0v) is 12.3. The molecule has 0 aliphatic heterocycles. The first-order valence-corrected chi connectivity index (χ1v) is 6.66. The van der Waals surface area contributed by atoms with Crippen molar-refractivity contribution in [2.45, 2.75) is 26.3 Å². The summed E-state index contributed by atoms with van der Waals surface area (Å²) in [5, 5.41) is 7.52. The topological polar surface area (TPSA) is 55.6 Å². The Kier molecular flexibility index (Phi) is 3.96. The van der Waals surface area contributed by atoms with E-state index in [0.29, 0.717) is 0 Å². The van der Waals surface area contributed by atoms with E-state index in [9.17, 15) is 0 Å². The van der Waals surface area contributed by atoms with Gasteiger partial charge in [-0.2, -0.15) is 5.10 Å². The van der Waals surface area contributed by atoms with E-state index in [4.69, 9.17) is 0 Å². The molecule has 0 aliphatic carbocycles. The normalized spacial score (nSPS) is 12.4. The molecule has 0 spiro atoms. The van der Waals surface area contributed by atoms with Crippen LogP contribution in [0.25, 0.3) is 0 Å². The first kappa shape index (κ1) is 13.0. The summed E-state index contributed by atoms with van der Waals surface area (Å²) in [5.74, 6) is 1.65. The predicted molar refractivity (Wildman–Crippen MR) is 74.4 cm³/mol. The van der Waals surface area contributed by atoms with Crippen LogP contribution in [-0.4, -0.2) is 19.7 Å². The van der Waals surface area contributed by atoms with Crippen LogP contribution < -0.4 is 5.32 Å². The molecule has 0 aromatic carbocycles. The third kappa shape index (κ3) is 3.07. The lowest BCUT2D eigenvalue weighted by Gasteiger charge is -2.13. The Hall–Kier alpha value is -1.43. The zero-order valence-electron chi connectivity index (χ0n) is 10.7. The third-order valence-corrected chi connectivity index (χ3v) is 3.05. The van der Waals surface area contributed by atoms with E-state index in [2.05, 4.69) is 43.2 Å². The molecule has 2 heterocycles. The minimum Gasteiger partial charge on any atom is -0.363 e. The zero-order chi connectivity index (χ0) is 13.1. The van der Waals surface area contributed by atoms with Gasteiger partial charge < -0.3 is 5.32 Å². The molecule has 0 bridgehead atoms. The number of hydrogen-bond donors (Lipinski definition) is 1. The van der Waals surface area contributed by atoms with Crippen LogP contribution in [0.5, 0.6) is 0 Å². The van der Waals surface area contributed by atoms with E-state index in [0.717, 1.165) is 28.2 Å². The predicted octanol–water partition coefficient (Wildman–Crippen LogP) is 2.71. The van der Waals surface area contributed by atoms with Crippen molar-refractivity contribution < 1.29 is 0 Å². The first-order chi connectivity index (χ1) is 8.58. The van der Waals surface area contributed by atoms with Gasteiger partial charge in [-0.3, -0.25) is 4.68 Å². The summed E-state index contributed by atoms with van der Waals surface area (Å²) in [5.41, 5.74) is 1.13. The Labute approximate surface area is 115 Å². The summed E-state index contributed by atoms with van der Waals surface area (Å²) in [4.78, 5) is 8.73. The Bertz CT molecular complexity index is 537. The van der Waals surface area contributed by atoms with Crippen LogP contribution in [-0.2, 0) is 13.5 Å². The second-order valence-electron chi connectivity index (χ2n) is 4.16. The summed E-state index contributed by atoms with van der Waals surface area (Å²) in [6, 6.07) is 2.04. The van der Waals surface area contributed by atoms with Crippen LogP contribution in [0.4, 0.5) is 5.82 Å². The van der Waals surface area contributed by atoms with Crippen LogP contribution in [0.15, 0.2) is 23.1 Å². The Morgan fingerprint density at radius 2 is 2.22 bits per heavy atom. The van der Waals surface area contributed by atoms with Crippen LogP contribution in [0.3, 0.4) is 0 Å². The molecule has 1 N–H and O–H groups in total. The average molecular weight is 310 g/mol. The van der Waals surface area contributed by atoms with E-state index >= 15 is 0 Å². The molecule has 0 saturated heterocycles. The Balaban J connectivity index is 2.16. The molecule has 6 heteroatoms. The lowest BCUT2D eigenvalue weighted by atomic mass is 10.2. The van der Waals surface area contributed by atoms with Gasteiger partial charge in [0.25, 0.3) is 0 Å². The number of aryl methyl sites for hydroxylation is 2. The van der Waals surface area contributed by atoms with Gasteiger partial charge in [-0.25, -0.2) is 9.97 Å². The number of hydrogen-bond acceptors (Lipinski definition) is 4. The maximum absolute atomic E-state index is 4.44. The molecule has 1 unspecified atom stereocenters. The molecular weight excluding hydrogens is 294 g/mol. The number of anilines is 1. The van der Waals surface area contributed by atoms with Crippen molar-refractivity contribution in [1.29, 1.82) is 0 Å². The Morgan fingerprint density at radius 3 is 2.83 bits per heavy atom. The van der Waals surface area contributed by atoms with Gasteiger partial charge in [0, 0.05) is 31.3 Å². The summed E-state index contributed by atoms with van der Waals surface area (Å²) >= 11 is 3.40. The molecule has 2 aromatic heterocycles. The van der Waals surface area contributed by atoms with Gasteiger partial charge in [0.05, 0.1) is 12.2 Å². The van der Waals surface area contributed by atoms with Gasteiger partial charge in [0.15, 0.2) is 0 Å². The number of halogens is 1. The van der Waals surface area contributed by atoms with Crippen LogP contribution in [0, 0.1) is 0 Å². The molecule has 18 heavy (non-hydrogen) atoms. The Morgan fingerprint density at radius 1 is 1.44 bits per heavy atom. The molecule has 5 nitrogen and oxygen atoms in total. The molecule has 2 rings (SSSR count). The van der Waals surface area contributed by atoms with Gasteiger partial charge >= 0.3 is 0 Å². The molecule has 2 aromatic rings. The van der Waals surface area contributed by atoms with Crippen molar-refractivity contribution in [3.8, 4) is 0 Å². The van der Waals surface area contributed by atoms with E-state index < -0.39 is 0 Å². The van der Waals surface area contributed by atoms with Crippen LogP contribution in [0.2, 0.25) is 0 Å². The highest BCUT2D eigenvalue weighted by atomic mass is 79.9. The monoisotopic (exact) mass is 309 g/mol. The third-order valence-electron chi connectivity index (χ3n) is 2.65. The quantitative estimate of drug-likeness (QED) is 0.882. The maximum atomic E-state index is 4.44. The first-order valence-electron chi connectivity index (χ1n) is 5.87. The van der Waals surface area contributed by atoms with Crippen LogP contribution in [0.1, 0.15) is 31.3 Å². The molecule has 0 fully saturated rings. The van der Waals surface area contributed by atoms with E-state index in [1.54, 1.807) is 4.68 Å². The highest BCUT2D eigenvalue weighted by molar-refractivity contribution is 9.10. The number of nitrogens with zero attached hydrogens (tertiary/aromatic N) is 4. The number of nitrogens with one attached hydrogen (secondary N) is 1. The molecule has 96 valence electrons. The maximum Gasteiger partial charge on any atom is 0.131 e. The minimum atomic E-state index is 0.158. The lowest BCUT2D eigenvalue weighted by Crippen LogP contribution is -2.09. The fourth-order valence-corrected chi connectivity index (χ4v) is 2.09. The van der Waals surface area contributed by atoms with Gasteiger partial charge in [-0.15, -0.1) is 0 Å². The summed E-state index contributed by atoms with van der Waals surface area (Å²) in [6.45, 7) is 4.12. The summed E-state index contributed by atoms with van der Waals surface area (Å²) in [6.07, 6.45) is 4.67. The molecular formula is C12H16BrN5. The highest BCUT2D eigenvalue weighted by Gasteiger charge is 2.09. The van der Waals surface area contributed by atoms with Crippen molar-refractivity contribution in [3.63, 3.8) is 0 Å². The molecule has 0 aliphatic rings. The largest absolute Gasteiger partial charge is 0.363 e. The van der Waals surface area contributed by atoms with E-state index in [1.807, 2.05) is 32.4 Å². The summed E-state index contributed by atoms with van der Waals surface area (Å²) < 4.78 is 2.59. The number of aromatic nitrogens is 4. The van der Waals surface area contributed by atoms with E-state index in [-0.39, 0.29) is 6.04 Å². The van der Waals surface area contributed by atoms with Crippen molar-refractivity contribution in [3.05, 3.63) is 34.5 Å². The van der Waals surface area contributed by atoms with E-state index in [1.165, 1.54) is 0 Å². The van der Waals surface area contributed by atoms with Gasteiger partial charge in [0.2, 0.25) is 0 Å². The van der Waals surface area contributed by atoms with Crippen molar-refractivity contribution >= 4 is 21.7 Å². The molecule has 1 atom stereocenters. The average Bonchev–Trinajstić information content (AvgIpc) is 2.75. The minimum absolute atomic E-state index is 0.158. The van der Waals surface area contributed by atoms with Crippen molar-refractivity contribution in [1.82, 2.24) is 19.7 Å². The van der Waals surface area contributed by atoms with Gasteiger partial charge in [-0.1, -0.05) is 6.92 Å². The number of rotatable bonds is 4. The molecule has 0 amide bonds. The molecule has 0 saturated carbocycles. The van der Waals surface area contributed by atoms with Gasteiger partial charge in [-0.05, 0) is 22.9 Å². The standard InChI is InChI=1S/C12H16BrN5/c1-4-11-16-10(13)5-12(17-11)15-8(2)9-6-14-18(3)7-9/h5-8H,4H2,1-3H3,(H,15,16,17). The van der Waals surface area contributed by atoms with Gasteiger partial charge in [0.1, 0.15) is 16.2 Å².